The molecule has 0 aromatic heterocycles. The molecule has 5 nitrogen and oxygen atoms in total. The van der Waals surface area contributed by atoms with Gasteiger partial charge >= 0.3 is 0 Å². The Morgan fingerprint density at radius 1 is 1.11 bits per heavy atom. The molecule has 108 valence electrons. The molecule has 6 heteroatoms. The number of rotatable bonds is 9. The van der Waals surface area contributed by atoms with Crippen molar-refractivity contribution in [1.82, 2.24) is 4.31 Å². The first kappa shape index (κ1) is 16.3. The summed E-state index contributed by atoms with van der Waals surface area (Å²) < 4.78 is 24.2. The fourth-order valence-electron chi connectivity index (χ4n) is 1.55. The van der Waals surface area contributed by atoms with E-state index in [2.05, 4.69) is 0 Å². The number of nitrogens with zero attached hydrogens (tertiary/aromatic N) is 1. The Bertz CT molecular complexity index is 340. The largest absolute Gasteiger partial charge is 0.598 e. The molecule has 1 rings (SSSR count). The van der Waals surface area contributed by atoms with Crippen LogP contribution in [0.1, 0.15) is 5.56 Å². The molecule has 0 radical (unpaired) electrons. The molecule has 2 N–H and O–H groups in total. The van der Waals surface area contributed by atoms with E-state index in [9.17, 15) is 4.55 Å². The molecule has 0 aliphatic rings. The van der Waals surface area contributed by atoms with Gasteiger partial charge in [-0.2, -0.15) is 0 Å². The molecule has 1 aromatic rings. The van der Waals surface area contributed by atoms with E-state index in [0.717, 1.165) is 5.56 Å². The van der Waals surface area contributed by atoms with Crippen molar-refractivity contribution in [3.05, 3.63) is 29.8 Å². The maximum atomic E-state index is 12.3. The van der Waals surface area contributed by atoms with Gasteiger partial charge in [0.2, 0.25) is 0 Å². The van der Waals surface area contributed by atoms with Crippen molar-refractivity contribution in [2.45, 2.75) is 5.75 Å². The fourth-order valence-corrected chi connectivity index (χ4v) is 2.77. The lowest BCUT2D eigenvalue weighted by molar-refractivity contribution is 0.150. The van der Waals surface area contributed by atoms with Crippen LogP contribution < -0.4 is 5.73 Å². The van der Waals surface area contributed by atoms with Gasteiger partial charge in [-0.1, -0.05) is 12.1 Å². The summed E-state index contributed by atoms with van der Waals surface area (Å²) in [4.78, 5) is 0. The van der Waals surface area contributed by atoms with Gasteiger partial charge in [-0.25, -0.2) is 0 Å². The van der Waals surface area contributed by atoms with Gasteiger partial charge in [0.05, 0.1) is 26.3 Å². The summed E-state index contributed by atoms with van der Waals surface area (Å²) in [6, 6.07) is 7.44. The SMILES string of the molecule is COCCN(CCOC)[S+]([O-])Cc1ccc(N)cc1. The summed E-state index contributed by atoms with van der Waals surface area (Å²) in [5.41, 5.74) is 7.35. The summed E-state index contributed by atoms with van der Waals surface area (Å²) in [6.07, 6.45) is 0. The maximum absolute atomic E-state index is 12.3. The van der Waals surface area contributed by atoms with E-state index in [1.165, 1.54) is 0 Å². The van der Waals surface area contributed by atoms with Crippen LogP contribution in [0, 0.1) is 0 Å². The highest BCUT2D eigenvalue weighted by Crippen LogP contribution is 2.12. The number of ether oxygens (including phenoxy) is 2. The molecular formula is C13H22N2O3S. The molecular weight excluding hydrogens is 264 g/mol. The zero-order valence-electron chi connectivity index (χ0n) is 11.5. The number of nitrogen functional groups attached to an aromatic ring is 1. The Labute approximate surface area is 118 Å². The average molecular weight is 286 g/mol. The molecule has 1 atom stereocenters. The lowest BCUT2D eigenvalue weighted by atomic mass is 10.2. The molecule has 0 saturated heterocycles. The summed E-state index contributed by atoms with van der Waals surface area (Å²) in [5.74, 6) is 0.480. The molecule has 0 amide bonds. The van der Waals surface area contributed by atoms with E-state index in [1.54, 1.807) is 14.2 Å². The van der Waals surface area contributed by atoms with Crippen molar-refractivity contribution in [2.24, 2.45) is 0 Å². The van der Waals surface area contributed by atoms with Crippen LogP contribution in [0.3, 0.4) is 0 Å². The highest BCUT2D eigenvalue weighted by Gasteiger charge is 2.19. The number of hydrogen-bond acceptors (Lipinski definition) is 5. The molecule has 0 spiro atoms. The Kier molecular flexibility index (Phi) is 7.85. The van der Waals surface area contributed by atoms with Crippen molar-refractivity contribution in [3.63, 3.8) is 0 Å². The second-order valence-electron chi connectivity index (χ2n) is 4.12. The third-order valence-electron chi connectivity index (χ3n) is 2.65. The number of hydrogen-bond donors (Lipinski definition) is 1. The Balaban J connectivity index is 2.53. The zero-order chi connectivity index (χ0) is 14.1. The highest BCUT2D eigenvalue weighted by molar-refractivity contribution is 7.88. The van der Waals surface area contributed by atoms with E-state index < -0.39 is 11.4 Å². The van der Waals surface area contributed by atoms with Gasteiger partial charge in [-0.15, -0.1) is 4.31 Å². The Morgan fingerprint density at radius 3 is 2.11 bits per heavy atom. The third kappa shape index (κ3) is 6.26. The lowest BCUT2D eigenvalue weighted by Gasteiger charge is -2.24. The van der Waals surface area contributed by atoms with E-state index in [4.69, 9.17) is 15.2 Å². The van der Waals surface area contributed by atoms with Crippen molar-refractivity contribution in [3.8, 4) is 0 Å². The number of nitrogens with two attached hydrogens (primary N) is 1. The monoisotopic (exact) mass is 286 g/mol. The van der Waals surface area contributed by atoms with Gasteiger partial charge in [-0.05, 0) is 12.1 Å². The number of benzene rings is 1. The topological polar surface area (TPSA) is 70.8 Å². The summed E-state index contributed by atoms with van der Waals surface area (Å²) in [7, 11) is 3.27. The van der Waals surface area contributed by atoms with Crippen molar-refractivity contribution < 1.29 is 14.0 Å². The highest BCUT2D eigenvalue weighted by atomic mass is 32.2. The van der Waals surface area contributed by atoms with Crippen LogP contribution in [-0.4, -0.2) is 49.4 Å². The van der Waals surface area contributed by atoms with Crippen molar-refractivity contribution in [2.75, 3.05) is 46.3 Å². The van der Waals surface area contributed by atoms with Crippen LogP contribution in [-0.2, 0) is 26.6 Å². The Hall–Kier alpha value is -0.790. The van der Waals surface area contributed by atoms with Crippen molar-refractivity contribution >= 4 is 17.0 Å². The predicted molar refractivity (Wildman–Crippen MR) is 78.0 cm³/mol. The molecule has 0 fully saturated rings. The van der Waals surface area contributed by atoms with Crippen LogP contribution in [0.15, 0.2) is 24.3 Å². The second-order valence-corrected chi connectivity index (χ2v) is 5.57. The third-order valence-corrected chi connectivity index (χ3v) is 4.17. The molecule has 0 heterocycles. The standard InChI is InChI=1S/C13H22N2O3S/c1-17-9-7-15(8-10-18-2)19(16)11-12-3-5-13(14)6-4-12/h3-6H,7-11,14H2,1-2H3. The van der Waals surface area contributed by atoms with Gasteiger partial charge in [-0.3, -0.25) is 0 Å². The quantitative estimate of drug-likeness (QED) is 0.542. The van der Waals surface area contributed by atoms with Crippen LogP contribution in [0.4, 0.5) is 5.69 Å². The fraction of sp³-hybridized carbons (Fsp3) is 0.538. The van der Waals surface area contributed by atoms with Gasteiger partial charge in [0, 0.05) is 36.8 Å². The normalized spacial score (nSPS) is 12.8. The summed E-state index contributed by atoms with van der Waals surface area (Å²) in [6.45, 7) is 2.36. The minimum atomic E-state index is -1.09. The first-order valence-electron chi connectivity index (χ1n) is 6.13. The number of anilines is 1. The minimum absolute atomic E-state index is 0.480. The van der Waals surface area contributed by atoms with Crippen LogP contribution in [0.25, 0.3) is 0 Å². The van der Waals surface area contributed by atoms with Crippen LogP contribution in [0.2, 0.25) is 0 Å². The molecule has 0 bridgehead atoms. The molecule has 19 heavy (non-hydrogen) atoms. The molecule has 0 saturated carbocycles. The molecule has 1 unspecified atom stereocenters. The zero-order valence-corrected chi connectivity index (χ0v) is 12.3. The van der Waals surface area contributed by atoms with Crippen LogP contribution in [0.5, 0.6) is 0 Å². The van der Waals surface area contributed by atoms with Gasteiger partial charge in [0.25, 0.3) is 0 Å². The first-order valence-corrected chi connectivity index (χ1v) is 7.40. The van der Waals surface area contributed by atoms with E-state index in [0.29, 0.717) is 37.7 Å². The van der Waals surface area contributed by atoms with E-state index in [1.807, 2.05) is 28.6 Å². The maximum Gasteiger partial charge on any atom is 0.150 e. The average Bonchev–Trinajstić information content (AvgIpc) is 2.41. The summed E-state index contributed by atoms with van der Waals surface area (Å²) in [5, 5.41) is 0. The van der Waals surface area contributed by atoms with Crippen LogP contribution >= 0.6 is 0 Å². The first-order chi connectivity index (χ1) is 9.17. The molecule has 0 aliphatic heterocycles. The predicted octanol–water partition coefficient (Wildman–Crippen LogP) is 1.03. The number of methoxy groups -OCH3 is 2. The molecule has 1 aromatic carbocycles. The van der Waals surface area contributed by atoms with E-state index >= 15 is 0 Å². The summed E-state index contributed by atoms with van der Waals surface area (Å²) >= 11 is -1.09. The van der Waals surface area contributed by atoms with Gasteiger partial charge in [0.1, 0.15) is 0 Å². The second kappa shape index (κ2) is 9.17. The van der Waals surface area contributed by atoms with Crippen molar-refractivity contribution in [1.29, 1.82) is 0 Å². The van der Waals surface area contributed by atoms with Gasteiger partial charge in [0.15, 0.2) is 5.75 Å². The minimum Gasteiger partial charge on any atom is -0.598 e. The van der Waals surface area contributed by atoms with Gasteiger partial charge < -0.3 is 19.8 Å². The Morgan fingerprint density at radius 2 is 1.63 bits per heavy atom. The van der Waals surface area contributed by atoms with E-state index in [-0.39, 0.29) is 0 Å². The smallest absolute Gasteiger partial charge is 0.150 e. The molecule has 0 aliphatic carbocycles. The lowest BCUT2D eigenvalue weighted by Crippen LogP contribution is -2.37.